The molecule has 1 aliphatic rings. The molecule has 0 amide bonds. The van der Waals surface area contributed by atoms with Gasteiger partial charge in [-0.25, -0.2) is 4.79 Å². The number of carboxylic acid groups (broad SMARTS) is 1. The lowest BCUT2D eigenvalue weighted by atomic mass is 10.1. The van der Waals surface area contributed by atoms with Crippen LogP contribution < -0.4 is 4.90 Å². The zero-order valence-corrected chi connectivity index (χ0v) is 13.0. The number of aryl methyl sites for hydroxylation is 1. The number of hydrogen-bond acceptors (Lipinski definition) is 5. The average Bonchev–Trinajstić information content (AvgIpc) is 2.45. The van der Waals surface area contributed by atoms with Gasteiger partial charge in [-0.15, -0.1) is 0 Å². The average molecular weight is 292 g/mol. The van der Waals surface area contributed by atoms with Crippen LogP contribution in [0.3, 0.4) is 0 Å². The van der Waals surface area contributed by atoms with E-state index >= 15 is 0 Å². The number of aromatic carboxylic acids is 1. The first kappa shape index (κ1) is 15.7. The Morgan fingerprint density at radius 1 is 1.33 bits per heavy atom. The van der Waals surface area contributed by atoms with Crippen molar-refractivity contribution in [3.63, 3.8) is 0 Å². The molecule has 0 aromatic carbocycles. The predicted molar refractivity (Wildman–Crippen MR) is 83.1 cm³/mol. The molecule has 0 atom stereocenters. The lowest BCUT2D eigenvalue weighted by Gasteiger charge is -2.37. The Kier molecular flexibility index (Phi) is 5.14. The van der Waals surface area contributed by atoms with Gasteiger partial charge in [0.1, 0.15) is 5.56 Å². The van der Waals surface area contributed by atoms with Gasteiger partial charge in [0.15, 0.2) is 0 Å². The van der Waals surface area contributed by atoms with E-state index in [4.69, 9.17) is 0 Å². The first-order chi connectivity index (χ1) is 9.97. The number of carboxylic acids is 1. The van der Waals surface area contributed by atoms with E-state index in [1.165, 1.54) is 6.20 Å². The molecule has 1 aromatic heterocycles. The SMILES string of the molecule is Cc1cc(N2CCN(CCN(C)C)CC2)c(C(=O)O)cn1. The Hall–Kier alpha value is -1.66. The van der Waals surface area contributed by atoms with E-state index in [0.29, 0.717) is 5.56 Å². The van der Waals surface area contributed by atoms with E-state index in [0.717, 1.165) is 50.6 Å². The molecule has 1 aromatic rings. The Balaban J connectivity index is 2.02. The Morgan fingerprint density at radius 3 is 2.57 bits per heavy atom. The summed E-state index contributed by atoms with van der Waals surface area (Å²) in [5.74, 6) is -0.910. The summed E-state index contributed by atoms with van der Waals surface area (Å²) in [6.45, 7) is 7.65. The fourth-order valence-corrected chi connectivity index (χ4v) is 2.53. The van der Waals surface area contributed by atoms with E-state index in [-0.39, 0.29) is 0 Å². The van der Waals surface area contributed by atoms with Crippen molar-refractivity contribution in [2.45, 2.75) is 6.92 Å². The highest BCUT2D eigenvalue weighted by Crippen LogP contribution is 2.22. The van der Waals surface area contributed by atoms with Gasteiger partial charge < -0.3 is 14.9 Å². The second-order valence-electron chi connectivity index (χ2n) is 5.78. The second kappa shape index (κ2) is 6.87. The first-order valence-electron chi connectivity index (χ1n) is 7.29. The molecule has 2 heterocycles. The molecule has 1 aliphatic heterocycles. The van der Waals surface area contributed by atoms with Gasteiger partial charge in [-0.1, -0.05) is 0 Å². The molecule has 21 heavy (non-hydrogen) atoms. The molecule has 0 radical (unpaired) electrons. The van der Waals surface area contributed by atoms with E-state index in [9.17, 15) is 9.90 Å². The third-order valence-corrected chi connectivity index (χ3v) is 3.83. The van der Waals surface area contributed by atoms with Crippen LogP contribution in [0.15, 0.2) is 12.3 Å². The van der Waals surface area contributed by atoms with Gasteiger partial charge in [-0.3, -0.25) is 9.88 Å². The van der Waals surface area contributed by atoms with Crippen LogP contribution in [-0.2, 0) is 0 Å². The van der Waals surface area contributed by atoms with Crippen molar-refractivity contribution in [2.24, 2.45) is 0 Å². The molecule has 6 heteroatoms. The van der Waals surface area contributed by atoms with Crippen LogP contribution in [0.1, 0.15) is 16.1 Å². The summed E-state index contributed by atoms with van der Waals surface area (Å²) in [7, 11) is 4.16. The maximum atomic E-state index is 11.3. The fourth-order valence-electron chi connectivity index (χ4n) is 2.53. The Bertz CT molecular complexity index is 496. The number of aromatic nitrogens is 1. The molecule has 1 saturated heterocycles. The van der Waals surface area contributed by atoms with Gasteiger partial charge in [-0.05, 0) is 27.1 Å². The van der Waals surface area contributed by atoms with Crippen LogP contribution in [0.5, 0.6) is 0 Å². The summed E-state index contributed by atoms with van der Waals surface area (Å²) in [5, 5.41) is 9.30. The van der Waals surface area contributed by atoms with E-state index < -0.39 is 5.97 Å². The molecule has 0 unspecified atom stereocenters. The number of likely N-dealkylation sites (N-methyl/N-ethyl adjacent to an activating group) is 1. The third kappa shape index (κ3) is 4.15. The molecule has 0 aliphatic carbocycles. The van der Waals surface area contributed by atoms with E-state index in [2.05, 4.69) is 33.8 Å². The number of nitrogens with zero attached hydrogens (tertiary/aromatic N) is 4. The maximum Gasteiger partial charge on any atom is 0.339 e. The van der Waals surface area contributed by atoms with Crippen LogP contribution in [0.2, 0.25) is 0 Å². The van der Waals surface area contributed by atoms with E-state index in [1.54, 1.807) is 0 Å². The van der Waals surface area contributed by atoms with Crippen molar-refractivity contribution in [1.82, 2.24) is 14.8 Å². The van der Waals surface area contributed by atoms with Crippen LogP contribution in [0.4, 0.5) is 5.69 Å². The van der Waals surface area contributed by atoms with Gasteiger partial charge >= 0.3 is 5.97 Å². The molecule has 0 saturated carbocycles. The Labute approximate surface area is 126 Å². The van der Waals surface area contributed by atoms with Crippen LogP contribution >= 0.6 is 0 Å². The number of anilines is 1. The van der Waals surface area contributed by atoms with Crippen LogP contribution in [0.25, 0.3) is 0 Å². The van der Waals surface area contributed by atoms with Crippen molar-refractivity contribution < 1.29 is 9.90 Å². The van der Waals surface area contributed by atoms with Gasteiger partial charge in [0.25, 0.3) is 0 Å². The highest BCUT2D eigenvalue weighted by molar-refractivity contribution is 5.94. The summed E-state index contributed by atoms with van der Waals surface area (Å²) in [4.78, 5) is 22.2. The zero-order valence-electron chi connectivity index (χ0n) is 13.0. The molecule has 0 spiro atoms. The van der Waals surface area contributed by atoms with Gasteiger partial charge in [0.05, 0.1) is 5.69 Å². The largest absolute Gasteiger partial charge is 0.478 e. The second-order valence-corrected chi connectivity index (χ2v) is 5.78. The molecule has 1 N–H and O–H groups in total. The molecule has 0 bridgehead atoms. The molecule has 6 nitrogen and oxygen atoms in total. The number of carbonyl (C=O) groups is 1. The maximum absolute atomic E-state index is 11.3. The minimum Gasteiger partial charge on any atom is -0.478 e. The van der Waals surface area contributed by atoms with Gasteiger partial charge in [0, 0.05) is 51.2 Å². The Morgan fingerprint density at radius 2 is 2.00 bits per heavy atom. The summed E-state index contributed by atoms with van der Waals surface area (Å²) in [5.41, 5.74) is 1.94. The monoisotopic (exact) mass is 292 g/mol. The number of piperazine rings is 1. The quantitative estimate of drug-likeness (QED) is 0.865. The molecular formula is C15H24N4O2. The minimum atomic E-state index is -0.910. The van der Waals surface area contributed by atoms with Crippen molar-refractivity contribution in [1.29, 1.82) is 0 Å². The normalized spacial score (nSPS) is 16.5. The highest BCUT2D eigenvalue weighted by atomic mass is 16.4. The fraction of sp³-hybridized carbons (Fsp3) is 0.600. The summed E-state index contributed by atoms with van der Waals surface area (Å²) in [6.07, 6.45) is 1.46. The molecule has 1 fully saturated rings. The number of rotatable bonds is 5. The summed E-state index contributed by atoms with van der Waals surface area (Å²) >= 11 is 0. The van der Waals surface area contributed by atoms with Crippen molar-refractivity contribution in [3.8, 4) is 0 Å². The highest BCUT2D eigenvalue weighted by Gasteiger charge is 2.21. The summed E-state index contributed by atoms with van der Waals surface area (Å²) < 4.78 is 0. The van der Waals surface area contributed by atoms with Crippen molar-refractivity contribution >= 4 is 11.7 Å². The number of pyridine rings is 1. The first-order valence-corrected chi connectivity index (χ1v) is 7.29. The minimum absolute atomic E-state index is 0.294. The zero-order chi connectivity index (χ0) is 15.4. The number of hydrogen-bond donors (Lipinski definition) is 1. The smallest absolute Gasteiger partial charge is 0.339 e. The molecular weight excluding hydrogens is 268 g/mol. The molecule has 2 rings (SSSR count). The lowest BCUT2D eigenvalue weighted by molar-refractivity contribution is 0.0697. The van der Waals surface area contributed by atoms with Crippen LogP contribution in [0, 0.1) is 6.92 Å². The standard InChI is InChI=1S/C15H24N4O2/c1-12-10-14(13(11-16-12)15(20)21)19-8-6-18(7-9-19)5-4-17(2)3/h10-11H,4-9H2,1-3H3,(H,20,21). The molecule has 116 valence electrons. The van der Waals surface area contributed by atoms with E-state index in [1.807, 2.05) is 13.0 Å². The van der Waals surface area contributed by atoms with Crippen molar-refractivity contribution in [2.75, 3.05) is 58.3 Å². The lowest BCUT2D eigenvalue weighted by Crippen LogP contribution is -2.48. The third-order valence-electron chi connectivity index (χ3n) is 3.83. The van der Waals surface area contributed by atoms with Crippen LogP contribution in [-0.4, -0.2) is 79.2 Å². The predicted octanol–water partition coefficient (Wildman–Crippen LogP) is 0.772. The van der Waals surface area contributed by atoms with Gasteiger partial charge in [0.2, 0.25) is 0 Å². The van der Waals surface area contributed by atoms with Gasteiger partial charge in [-0.2, -0.15) is 0 Å². The topological polar surface area (TPSA) is 59.9 Å². The van der Waals surface area contributed by atoms with Crippen molar-refractivity contribution in [3.05, 3.63) is 23.5 Å². The summed E-state index contributed by atoms with van der Waals surface area (Å²) in [6, 6.07) is 1.87.